The van der Waals surface area contributed by atoms with Crippen LogP contribution >= 0.6 is 11.8 Å². The second-order valence-electron chi connectivity index (χ2n) is 5.01. The zero-order valence-electron chi connectivity index (χ0n) is 12.7. The number of anilines is 1. The fourth-order valence-electron chi connectivity index (χ4n) is 2.33. The van der Waals surface area contributed by atoms with Crippen molar-refractivity contribution in [2.45, 2.75) is 32.0 Å². The van der Waals surface area contributed by atoms with Crippen molar-refractivity contribution in [2.24, 2.45) is 5.73 Å². The Morgan fingerprint density at radius 1 is 1.33 bits per heavy atom. The van der Waals surface area contributed by atoms with E-state index in [4.69, 9.17) is 5.73 Å². The highest BCUT2D eigenvalue weighted by atomic mass is 32.2. The third kappa shape index (κ3) is 4.81. The summed E-state index contributed by atoms with van der Waals surface area (Å²) in [5.74, 6) is 0.888. The lowest BCUT2D eigenvalue weighted by Crippen LogP contribution is -2.33. The van der Waals surface area contributed by atoms with Gasteiger partial charge in [-0.3, -0.25) is 0 Å². The number of hydrogen-bond acceptors (Lipinski definition) is 3. The normalized spacial score (nSPS) is 13.3. The number of benzene rings is 1. The van der Waals surface area contributed by atoms with E-state index in [1.54, 1.807) is 23.9 Å². The van der Waals surface area contributed by atoms with Gasteiger partial charge in [-0.1, -0.05) is 13.0 Å². The van der Waals surface area contributed by atoms with E-state index in [2.05, 4.69) is 0 Å². The van der Waals surface area contributed by atoms with Crippen molar-refractivity contribution in [3.05, 3.63) is 29.3 Å². The standard InChI is InChI=1S/C15H23F3N2S/c1-4-12(10-21-3)20(2)13-6-5-11(7-8-19)14(9-13)15(16,17)18/h5-6,9,12H,4,7-8,10,19H2,1-3H3. The van der Waals surface area contributed by atoms with Crippen LogP contribution in [-0.4, -0.2) is 31.6 Å². The monoisotopic (exact) mass is 320 g/mol. The van der Waals surface area contributed by atoms with Crippen LogP contribution in [0.25, 0.3) is 0 Å². The summed E-state index contributed by atoms with van der Waals surface area (Å²) in [6, 6.07) is 4.77. The SMILES string of the molecule is CCC(CSC)N(C)c1ccc(CCN)c(C(F)(F)F)c1. The van der Waals surface area contributed by atoms with E-state index in [0.717, 1.165) is 12.2 Å². The van der Waals surface area contributed by atoms with Gasteiger partial charge in [-0.2, -0.15) is 24.9 Å². The molecule has 0 saturated heterocycles. The van der Waals surface area contributed by atoms with Gasteiger partial charge in [0, 0.05) is 24.5 Å². The Labute approximate surface area is 128 Å². The number of nitrogens with zero attached hydrogens (tertiary/aromatic N) is 1. The summed E-state index contributed by atoms with van der Waals surface area (Å²) < 4.78 is 39.5. The summed E-state index contributed by atoms with van der Waals surface area (Å²) in [5, 5.41) is 0. The van der Waals surface area contributed by atoms with E-state index in [1.807, 2.05) is 25.1 Å². The van der Waals surface area contributed by atoms with Gasteiger partial charge in [0.05, 0.1) is 5.56 Å². The van der Waals surface area contributed by atoms with Crippen molar-refractivity contribution in [3.63, 3.8) is 0 Å². The maximum atomic E-state index is 13.2. The van der Waals surface area contributed by atoms with Gasteiger partial charge in [-0.25, -0.2) is 0 Å². The van der Waals surface area contributed by atoms with Crippen molar-refractivity contribution < 1.29 is 13.2 Å². The molecule has 1 atom stereocenters. The summed E-state index contributed by atoms with van der Waals surface area (Å²) in [6.45, 7) is 2.26. The molecule has 0 spiro atoms. The Morgan fingerprint density at radius 3 is 2.48 bits per heavy atom. The molecule has 0 radical (unpaired) electrons. The van der Waals surface area contributed by atoms with Gasteiger partial charge in [-0.05, 0) is 43.3 Å². The molecule has 2 nitrogen and oxygen atoms in total. The van der Waals surface area contributed by atoms with E-state index >= 15 is 0 Å². The van der Waals surface area contributed by atoms with E-state index in [0.29, 0.717) is 5.69 Å². The molecule has 0 fully saturated rings. The first kappa shape index (κ1) is 18.2. The fourth-order valence-corrected chi connectivity index (χ4v) is 3.17. The molecule has 0 bridgehead atoms. The minimum absolute atomic E-state index is 0.211. The highest BCUT2D eigenvalue weighted by molar-refractivity contribution is 7.98. The first-order valence-electron chi connectivity index (χ1n) is 6.97. The molecule has 120 valence electrons. The number of thioether (sulfide) groups is 1. The molecule has 1 unspecified atom stereocenters. The molecule has 0 aliphatic heterocycles. The fraction of sp³-hybridized carbons (Fsp3) is 0.600. The van der Waals surface area contributed by atoms with Crippen molar-refractivity contribution >= 4 is 17.4 Å². The van der Waals surface area contributed by atoms with Gasteiger partial charge < -0.3 is 10.6 Å². The molecule has 1 rings (SSSR count). The Hall–Kier alpha value is -0.880. The van der Waals surface area contributed by atoms with Crippen LogP contribution in [0.15, 0.2) is 18.2 Å². The molecule has 21 heavy (non-hydrogen) atoms. The molecular weight excluding hydrogens is 297 g/mol. The third-order valence-corrected chi connectivity index (χ3v) is 4.32. The van der Waals surface area contributed by atoms with E-state index in [-0.39, 0.29) is 24.6 Å². The molecule has 0 aromatic heterocycles. The molecular formula is C15H23F3N2S. The van der Waals surface area contributed by atoms with Crippen LogP contribution in [0.1, 0.15) is 24.5 Å². The Balaban J connectivity index is 3.15. The summed E-state index contributed by atoms with van der Waals surface area (Å²) in [6.07, 6.45) is -1.21. The van der Waals surface area contributed by atoms with E-state index in [1.165, 1.54) is 6.07 Å². The molecule has 6 heteroatoms. The van der Waals surface area contributed by atoms with Crippen LogP contribution in [0.3, 0.4) is 0 Å². The van der Waals surface area contributed by atoms with Crippen LogP contribution in [-0.2, 0) is 12.6 Å². The molecule has 0 heterocycles. The molecule has 0 aliphatic carbocycles. The average molecular weight is 320 g/mol. The van der Waals surface area contributed by atoms with Gasteiger partial charge in [0.1, 0.15) is 0 Å². The summed E-state index contributed by atoms with van der Waals surface area (Å²) in [7, 11) is 1.85. The number of nitrogens with two attached hydrogens (primary N) is 1. The summed E-state index contributed by atoms with van der Waals surface area (Å²) >= 11 is 1.70. The lowest BCUT2D eigenvalue weighted by atomic mass is 10.0. The van der Waals surface area contributed by atoms with Crippen LogP contribution in [0.4, 0.5) is 18.9 Å². The van der Waals surface area contributed by atoms with Gasteiger partial charge >= 0.3 is 6.18 Å². The van der Waals surface area contributed by atoms with Gasteiger partial charge in [-0.15, -0.1) is 0 Å². The number of rotatable bonds is 7. The molecule has 1 aromatic rings. The minimum Gasteiger partial charge on any atom is -0.371 e. The van der Waals surface area contributed by atoms with Crippen molar-refractivity contribution in [1.29, 1.82) is 0 Å². The zero-order valence-corrected chi connectivity index (χ0v) is 13.5. The van der Waals surface area contributed by atoms with Crippen LogP contribution in [0.5, 0.6) is 0 Å². The zero-order chi connectivity index (χ0) is 16.0. The second-order valence-corrected chi connectivity index (χ2v) is 5.92. The predicted octanol–water partition coefficient (Wildman–Crippen LogP) is 3.78. The van der Waals surface area contributed by atoms with Gasteiger partial charge in [0.25, 0.3) is 0 Å². The quantitative estimate of drug-likeness (QED) is 0.829. The summed E-state index contributed by atoms with van der Waals surface area (Å²) in [5.41, 5.74) is 5.69. The smallest absolute Gasteiger partial charge is 0.371 e. The largest absolute Gasteiger partial charge is 0.416 e. The topological polar surface area (TPSA) is 29.3 Å². The Bertz CT molecular complexity index is 449. The Morgan fingerprint density at radius 2 is 2.00 bits per heavy atom. The second kappa shape index (κ2) is 7.94. The lowest BCUT2D eigenvalue weighted by molar-refractivity contribution is -0.138. The highest BCUT2D eigenvalue weighted by Gasteiger charge is 2.33. The molecule has 1 aromatic carbocycles. The van der Waals surface area contributed by atoms with Crippen molar-refractivity contribution in [2.75, 3.05) is 30.5 Å². The molecule has 0 saturated carbocycles. The predicted molar refractivity (Wildman–Crippen MR) is 85.1 cm³/mol. The molecule has 0 amide bonds. The van der Waals surface area contributed by atoms with E-state index in [9.17, 15) is 13.2 Å². The van der Waals surface area contributed by atoms with Crippen LogP contribution in [0.2, 0.25) is 0 Å². The van der Waals surface area contributed by atoms with Gasteiger partial charge in [0.15, 0.2) is 0 Å². The highest BCUT2D eigenvalue weighted by Crippen LogP contribution is 2.35. The first-order valence-corrected chi connectivity index (χ1v) is 8.36. The van der Waals surface area contributed by atoms with Crippen LogP contribution < -0.4 is 10.6 Å². The maximum Gasteiger partial charge on any atom is 0.416 e. The number of hydrogen-bond donors (Lipinski definition) is 1. The van der Waals surface area contributed by atoms with Crippen LogP contribution in [0, 0.1) is 0 Å². The number of alkyl halides is 3. The van der Waals surface area contributed by atoms with Crippen molar-refractivity contribution in [3.8, 4) is 0 Å². The average Bonchev–Trinajstić information content (AvgIpc) is 2.43. The van der Waals surface area contributed by atoms with E-state index < -0.39 is 11.7 Å². The molecule has 2 N–H and O–H groups in total. The molecule has 0 aliphatic rings. The lowest BCUT2D eigenvalue weighted by Gasteiger charge is -2.30. The first-order chi connectivity index (χ1) is 9.85. The minimum atomic E-state index is -4.34. The third-order valence-electron chi connectivity index (χ3n) is 3.60. The summed E-state index contributed by atoms with van der Waals surface area (Å²) in [4.78, 5) is 1.93. The van der Waals surface area contributed by atoms with Gasteiger partial charge in [0.2, 0.25) is 0 Å². The van der Waals surface area contributed by atoms with Crippen molar-refractivity contribution in [1.82, 2.24) is 0 Å². The number of halogens is 3. The maximum absolute atomic E-state index is 13.2. The Kier molecular flexibility index (Phi) is 6.87.